The second kappa shape index (κ2) is 9.66. The molecule has 5 heteroatoms. The average molecular weight is 226 g/mol. The first-order valence-electron chi connectivity index (χ1n) is 5.11. The summed E-state index contributed by atoms with van der Waals surface area (Å²) >= 11 is 0. The van der Waals surface area contributed by atoms with E-state index < -0.39 is 7.60 Å². The maximum Gasteiger partial charge on any atom is 0.325 e. The smallest absolute Gasteiger partial charge is 0.325 e. The summed E-state index contributed by atoms with van der Waals surface area (Å²) < 4.78 is 10.5. The molecular formula is C9H23O4P. The van der Waals surface area contributed by atoms with E-state index in [0.29, 0.717) is 6.42 Å². The molecule has 0 aliphatic carbocycles. The molecule has 14 heavy (non-hydrogen) atoms. The number of unbranched alkanes of at least 4 members (excludes halogenated alkanes) is 6. The van der Waals surface area contributed by atoms with Crippen LogP contribution < -0.4 is 0 Å². The lowest BCUT2D eigenvalue weighted by molar-refractivity contribution is 0.370. The third kappa shape index (κ3) is 14.6. The van der Waals surface area contributed by atoms with Gasteiger partial charge in [-0.05, 0) is 6.42 Å². The highest BCUT2D eigenvalue weighted by atomic mass is 31.2. The van der Waals surface area contributed by atoms with Gasteiger partial charge in [0.1, 0.15) is 0 Å². The molecule has 0 bridgehead atoms. The van der Waals surface area contributed by atoms with Crippen molar-refractivity contribution in [3.63, 3.8) is 0 Å². The molecule has 0 rings (SSSR count). The van der Waals surface area contributed by atoms with Crippen molar-refractivity contribution in [3.05, 3.63) is 0 Å². The quantitative estimate of drug-likeness (QED) is 0.490. The van der Waals surface area contributed by atoms with Crippen molar-refractivity contribution < 1.29 is 19.8 Å². The van der Waals surface area contributed by atoms with E-state index in [1.165, 1.54) is 25.7 Å². The molecular weight excluding hydrogens is 203 g/mol. The van der Waals surface area contributed by atoms with Crippen molar-refractivity contribution in [3.8, 4) is 0 Å². The van der Waals surface area contributed by atoms with Crippen LogP contribution in [-0.2, 0) is 4.57 Å². The SMILES string of the molecule is CCCCCCCCCP(=O)(O)O.O. The molecule has 0 aromatic heterocycles. The van der Waals surface area contributed by atoms with E-state index in [1.54, 1.807) is 0 Å². The molecule has 0 spiro atoms. The number of hydrogen-bond acceptors (Lipinski definition) is 1. The van der Waals surface area contributed by atoms with Crippen molar-refractivity contribution in [2.24, 2.45) is 0 Å². The summed E-state index contributed by atoms with van der Waals surface area (Å²) in [6.07, 6.45) is 7.76. The van der Waals surface area contributed by atoms with E-state index in [4.69, 9.17) is 9.79 Å². The highest BCUT2D eigenvalue weighted by Crippen LogP contribution is 2.35. The van der Waals surface area contributed by atoms with Crippen LogP contribution in [0.15, 0.2) is 0 Å². The predicted molar refractivity (Wildman–Crippen MR) is 58.5 cm³/mol. The van der Waals surface area contributed by atoms with Gasteiger partial charge in [0.05, 0.1) is 0 Å². The molecule has 0 fully saturated rings. The Balaban J connectivity index is 0. The summed E-state index contributed by atoms with van der Waals surface area (Å²) in [6.45, 7) is 2.17. The van der Waals surface area contributed by atoms with Gasteiger partial charge in [-0.25, -0.2) is 0 Å². The van der Waals surface area contributed by atoms with Crippen LogP contribution in [0.25, 0.3) is 0 Å². The zero-order valence-electron chi connectivity index (χ0n) is 8.91. The normalized spacial score (nSPS) is 11.1. The van der Waals surface area contributed by atoms with Gasteiger partial charge in [0.25, 0.3) is 0 Å². The first-order valence-corrected chi connectivity index (χ1v) is 6.90. The molecule has 0 saturated heterocycles. The van der Waals surface area contributed by atoms with E-state index in [2.05, 4.69) is 6.92 Å². The summed E-state index contributed by atoms with van der Waals surface area (Å²) in [5, 5.41) is 0. The third-order valence-corrected chi connectivity index (χ3v) is 2.95. The third-order valence-electron chi connectivity index (χ3n) is 2.05. The van der Waals surface area contributed by atoms with Crippen LogP contribution in [0.3, 0.4) is 0 Å². The molecule has 0 unspecified atom stereocenters. The maximum atomic E-state index is 10.5. The topological polar surface area (TPSA) is 89.0 Å². The van der Waals surface area contributed by atoms with Gasteiger partial charge in [-0.1, -0.05) is 45.4 Å². The minimum absolute atomic E-state index is 0. The van der Waals surface area contributed by atoms with E-state index >= 15 is 0 Å². The van der Waals surface area contributed by atoms with Crippen LogP contribution in [0.2, 0.25) is 0 Å². The van der Waals surface area contributed by atoms with Gasteiger partial charge < -0.3 is 15.3 Å². The molecule has 0 atom stereocenters. The lowest BCUT2D eigenvalue weighted by Crippen LogP contribution is -1.88. The summed E-state index contributed by atoms with van der Waals surface area (Å²) in [6, 6.07) is 0. The standard InChI is InChI=1S/C9H21O3P.H2O/c1-2-3-4-5-6-7-8-9-13(10,11)12;/h2-9H2,1H3,(H2,10,11,12);1H2. The molecule has 0 aliphatic heterocycles. The predicted octanol–water partition coefficient (Wildman–Crippen LogP) is 2.09. The Morgan fingerprint density at radius 2 is 1.36 bits per heavy atom. The van der Waals surface area contributed by atoms with Crippen LogP contribution in [0, 0.1) is 0 Å². The monoisotopic (exact) mass is 226 g/mol. The first-order chi connectivity index (χ1) is 6.06. The summed E-state index contributed by atoms with van der Waals surface area (Å²) in [7, 11) is -3.73. The minimum Gasteiger partial charge on any atom is -0.412 e. The van der Waals surface area contributed by atoms with Crippen LogP contribution >= 0.6 is 7.60 Å². The van der Waals surface area contributed by atoms with Gasteiger partial charge in [0.15, 0.2) is 0 Å². The molecule has 0 aromatic carbocycles. The van der Waals surface area contributed by atoms with Gasteiger partial charge in [-0.15, -0.1) is 0 Å². The zero-order chi connectivity index (χ0) is 10.2. The fourth-order valence-electron chi connectivity index (χ4n) is 1.27. The molecule has 0 radical (unpaired) electrons. The molecule has 0 heterocycles. The van der Waals surface area contributed by atoms with Gasteiger partial charge in [-0.3, -0.25) is 4.57 Å². The molecule has 4 N–H and O–H groups in total. The van der Waals surface area contributed by atoms with Crippen LogP contribution in [-0.4, -0.2) is 21.4 Å². The second-order valence-electron chi connectivity index (χ2n) is 3.51. The maximum absolute atomic E-state index is 10.5. The Morgan fingerprint density at radius 3 is 1.79 bits per heavy atom. The van der Waals surface area contributed by atoms with Crippen LogP contribution in [0.5, 0.6) is 0 Å². The van der Waals surface area contributed by atoms with Crippen molar-refractivity contribution in [2.45, 2.75) is 51.9 Å². The molecule has 0 saturated carbocycles. The minimum atomic E-state index is -3.73. The number of rotatable bonds is 8. The van der Waals surface area contributed by atoms with E-state index in [-0.39, 0.29) is 11.6 Å². The van der Waals surface area contributed by atoms with Gasteiger partial charge in [-0.2, -0.15) is 0 Å². The molecule has 4 nitrogen and oxygen atoms in total. The Morgan fingerprint density at radius 1 is 0.929 bits per heavy atom. The molecule has 88 valence electrons. The van der Waals surface area contributed by atoms with Crippen molar-refractivity contribution in [1.82, 2.24) is 0 Å². The van der Waals surface area contributed by atoms with Gasteiger partial charge in [0, 0.05) is 6.16 Å². The summed E-state index contributed by atoms with van der Waals surface area (Å²) in [4.78, 5) is 17.1. The Hall–Kier alpha value is 0.110. The lowest BCUT2D eigenvalue weighted by atomic mass is 10.1. The van der Waals surface area contributed by atoms with Gasteiger partial charge in [0.2, 0.25) is 0 Å². The summed E-state index contributed by atoms with van der Waals surface area (Å²) in [5.74, 6) is 0. The highest BCUT2D eigenvalue weighted by Gasteiger charge is 2.10. The highest BCUT2D eigenvalue weighted by molar-refractivity contribution is 7.51. The molecule has 0 amide bonds. The fourth-order valence-corrected chi connectivity index (χ4v) is 1.91. The van der Waals surface area contributed by atoms with E-state index in [9.17, 15) is 4.57 Å². The summed E-state index contributed by atoms with van der Waals surface area (Å²) in [5.41, 5.74) is 0. The zero-order valence-corrected chi connectivity index (χ0v) is 9.80. The molecule has 0 aliphatic rings. The second-order valence-corrected chi connectivity index (χ2v) is 5.29. The largest absolute Gasteiger partial charge is 0.412 e. The average Bonchev–Trinajstić information content (AvgIpc) is 2.01. The lowest BCUT2D eigenvalue weighted by Gasteiger charge is -2.03. The first kappa shape index (κ1) is 16.5. The Labute approximate surface area is 86.2 Å². The Kier molecular flexibility index (Phi) is 11.4. The van der Waals surface area contributed by atoms with Crippen molar-refractivity contribution in [1.29, 1.82) is 0 Å². The Bertz CT molecular complexity index is 155. The van der Waals surface area contributed by atoms with E-state index in [0.717, 1.165) is 12.8 Å². The fraction of sp³-hybridized carbons (Fsp3) is 1.00. The number of hydrogen-bond donors (Lipinski definition) is 2. The van der Waals surface area contributed by atoms with E-state index in [1.807, 2.05) is 0 Å². The van der Waals surface area contributed by atoms with Crippen LogP contribution in [0.1, 0.15) is 51.9 Å². The van der Waals surface area contributed by atoms with Crippen LogP contribution in [0.4, 0.5) is 0 Å². The molecule has 0 aromatic rings. The van der Waals surface area contributed by atoms with Gasteiger partial charge >= 0.3 is 7.60 Å². The van der Waals surface area contributed by atoms with Crippen molar-refractivity contribution >= 4 is 7.60 Å². The van der Waals surface area contributed by atoms with Crippen molar-refractivity contribution in [2.75, 3.05) is 6.16 Å².